The molecule has 3 aromatic carbocycles. The molecule has 0 radical (unpaired) electrons. The average molecular weight is 476 g/mol. The molecule has 0 saturated heterocycles. The van der Waals surface area contributed by atoms with Gasteiger partial charge in [0.15, 0.2) is 9.84 Å². The van der Waals surface area contributed by atoms with E-state index in [1.54, 1.807) is 24.3 Å². The molecule has 0 amide bonds. The minimum Gasteiger partial charge on any atom is -0.450 e. The quantitative estimate of drug-likeness (QED) is 0.340. The summed E-state index contributed by atoms with van der Waals surface area (Å²) in [6.07, 6.45) is -0.450. The van der Waals surface area contributed by atoms with Crippen molar-refractivity contribution in [3.63, 3.8) is 0 Å². The molecule has 0 aliphatic heterocycles. The number of nitrogens with zero attached hydrogens (tertiary/aromatic N) is 1. The monoisotopic (exact) mass is 475 g/mol. The molecule has 4 rings (SSSR count). The number of hydrogen-bond donors (Lipinski definition) is 1. The lowest BCUT2D eigenvalue weighted by atomic mass is 10.0. The molecule has 174 valence electrons. The van der Waals surface area contributed by atoms with Gasteiger partial charge in [-0.3, -0.25) is 0 Å². The second kappa shape index (κ2) is 9.57. The SMILES string of the molecule is Cc1c(CC(OC(=O)O)c2ccccc2)cc(-c2ccc(S(C)(=O)=O)cc2)n1-c1ccccc1. The molecule has 6 nitrogen and oxygen atoms in total. The van der Waals surface area contributed by atoms with E-state index in [2.05, 4.69) is 4.57 Å². The van der Waals surface area contributed by atoms with Crippen molar-refractivity contribution >= 4 is 16.0 Å². The maximum atomic E-state index is 11.9. The highest BCUT2D eigenvalue weighted by atomic mass is 32.2. The fraction of sp³-hybridized carbons (Fsp3) is 0.148. The summed E-state index contributed by atoms with van der Waals surface area (Å²) in [5, 5.41) is 9.32. The topological polar surface area (TPSA) is 85.6 Å². The Balaban J connectivity index is 1.82. The van der Waals surface area contributed by atoms with Gasteiger partial charge in [-0.05, 0) is 53.9 Å². The Labute approximate surface area is 199 Å². The van der Waals surface area contributed by atoms with Crippen LogP contribution >= 0.6 is 0 Å². The molecule has 1 N–H and O–H groups in total. The van der Waals surface area contributed by atoms with Crippen LogP contribution in [0.4, 0.5) is 4.79 Å². The molecule has 0 spiro atoms. The Morgan fingerprint density at radius 1 is 0.941 bits per heavy atom. The minimum absolute atomic E-state index is 0.255. The van der Waals surface area contributed by atoms with E-state index in [1.807, 2.05) is 73.7 Å². The van der Waals surface area contributed by atoms with E-state index in [0.717, 1.165) is 33.8 Å². The van der Waals surface area contributed by atoms with Gasteiger partial charge in [-0.25, -0.2) is 13.2 Å². The molecule has 34 heavy (non-hydrogen) atoms. The van der Waals surface area contributed by atoms with Crippen LogP contribution in [0.5, 0.6) is 0 Å². The summed E-state index contributed by atoms with van der Waals surface area (Å²) in [5.41, 5.74) is 5.33. The Kier molecular flexibility index (Phi) is 6.56. The van der Waals surface area contributed by atoms with E-state index in [-0.39, 0.29) is 4.90 Å². The van der Waals surface area contributed by atoms with Crippen LogP contribution in [0, 0.1) is 6.92 Å². The predicted octanol–water partition coefficient (Wildman–Crippen LogP) is 5.83. The minimum atomic E-state index is -3.30. The van der Waals surface area contributed by atoms with Gasteiger partial charge < -0.3 is 14.4 Å². The van der Waals surface area contributed by atoms with Gasteiger partial charge in [-0.15, -0.1) is 0 Å². The molecule has 0 aliphatic rings. The summed E-state index contributed by atoms with van der Waals surface area (Å²) in [6, 6.07) is 27.9. The Hall–Kier alpha value is -3.84. The molecule has 0 fully saturated rings. The molecule has 0 bridgehead atoms. The summed E-state index contributed by atoms with van der Waals surface area (Å²) in [6.45, 7) is 1.99. The normalized spacial score (nSPS) is 12.3. The Morgan fingerprint density at radius 3 is 2.09 bits per heavy atom. The third kappa shape index (κ3) is 5.05. The Morgan fingerprint density at radius 2 is 1.53 bits per heavy atom. The number of sulfone groups is 1. The first-order valence-corrected chi connectivity index (χ1v) is 12.6. The standard InChI is InChI=1S/C27H25NO5S/c1-19-22(18-26(33-27(29)30)21-9-5-3-6-10-21)17-25(28(19)23-11-7-4-8-12-23)20-13-15-24(16-14-20)34(2,31)32/h3-17,26H,18H2,1-2H3,(H,29,30). The molecule has 1 unspecified atom stereocenters. The van der Waals surface area contributed by atoms with Crippen LogP contribution in [0.3, 0.4) is 0 Å². The number of ether oxygens (including phenoxy) is 1. The van der Waals surface area contributed by atoms with Crippen LogP contribution in [0.25, 0.3) is 16.9 Å². The largest absolute Gasteiger partial charge is 0.506 e. The summed E-state index contributed by atoms with van der Waals surface area (Å²) in [4.78, 5) is 11.7. The van der Waals surface area contributed by atoms with E-state index in [9.17, 15) is 18.3 Å². The van der Waals surface area contributed by atoms with Crippen LogP contribution in [-0.4, -0.2) is 30.5 Å². The predicted molar refractivity (Wildman–Crippen MR) is 131 cm³/mol. The van der Waals surface area contributed by atoms with Crippen molar-refractivity contribution in [2.75, 3.05) is 6.26 Å². The van der Waals surface area contributed by atoms with Crippen molar-refractivity contribution in [2.45, 2.75) is 24.3 Å². The Bertz CT molecular complexity index is 1390. The third-order valence-corrected chi connectivity index (χ3v) is 6.89. The number of carboxylic acid groups (broad SMARTS) is 1. The lowest BCUT2D eigenvalue weighted by molar-refractivity contribution is 0.0512. The molecule has 7 heteroatoms. The smallest absolute Gasteiger partial charge is 0.450 e. The van der Waals surface area contributed by atoms with Gasteiger partial charge in [0.05, 0.1) is 10.6 Å². The van der Waals surface area contributed by atoms with Crippen LogP contribution in [0.2, 0.25) is 0 Å². The van der Waals surface area contributed by atoms with Crippen molar-refractivity contribution in [3.8, 4) is 16.9 Å². The van der Waals surface area contributed by atoms with E-state index >= 15 is 0 Å². The molecular formula is C27H25NO5S. The highest BCUT2D eigenvalue weighted by Crippen LogP contribution is 2.33. The second-order valence-electron chi connectivity index (χ2n) is 8.09. The molecule has 1 atom stereocenters. The van der Waals surface area contributed by atoms with E-state index in [4.69, 9.17) is 4.74 Å². The number of carbonyl (C=O) groups is 1. The lowest BCUT2D eigenvalue weighted by Crippen LogP contribution is -2.12. The molecule has 4 aromatic rings. The van der Waals surface area contributed by atoms with Gasteiger partial charge >= 0.3 is 6.16 Å². The number of aromatic nitrogens is 1. The number of para-hydroxylation sites is 1. The summed E-state index contributed by atoms with van der Waals surface area (Å²) < 4.78 is 31.1. The van der Waals surface area contributed by atoms with Gasteiger partial charge in [0.1, 0.15) is 6.10 Å². The van der Waals surface area contributed by atoms with Crippen molar-refractivity contribution in [2.24, 2.45) is 0 Å². The third-order valence-electron chi connectivity index (χ3n) is 5.76. The van der Waals surface area contributed by atoms with Gasteiger partial charge in [0.2, 0.25) is 0 Å². The fourth-order valence-electron chi connectivity index (χ4n) is 4.08. The molecular weight excluding hydrogens is 450 g/mol. The molecule has 0 aliphatic carbocycles. The van der Waals surface area contributed by atoms with Crippen molar-refractivity contribution < 1.29 is 23.1 Å². The van der Waals surface area contributed by atoms with Crippen LogP contribution in [0.1, 0.15) is 22.9 Å². The fourth-order valence-corrected chi connectivity index (χ4v) is 4.71. The maximum absolute atomic E-state index is 11.9. The first-order valence-electron chi connectivity index (χ1n) is 10.8. The van der Waals surface area contributed by atoms with Crippen LogP contribution < -0.4 is 0 Å². The van der Waals surface area contributed by atoms with E-state index < -0.39 is 22.1 Å². The van der Waals surface area contributed by atoms with E-state index in [1.165, 1.54) is 6.26 Å². The van der Waals surface area contributed by atoms with Crippen LogP contribution in [0.15, 0.2) is 95.9 Å². The number of benzene rings is 3. The van der Waals surface area contributed by atoms with Gasteiger partial charge in [0, 0.05) is 24.1 Å². The summed E-state index contributed by atoms with van der Waals surface area (Å²) >= 11 is 0. The summed E-state index contributed by atoms with van der Waals surface area (Å²) in [5.74, 6) is 0. The number of hydrogen-bond acceptors (Lipinski definition) is 4. The lowest BCUT2D eigenvalue weighted by Gasteiger charge is -2.17. The van der Waals surface area contributed by atoms with Crippen molar-refractivity contribution in [1.29, 1.82) is 0 Å². The molecule has 1 aromatic heterocycles. The maximum Gasteiger partial charge on any atom is 0.506 e. The average Bonchev–Trinajstić information content (AvgIpc) is 3.15. The molecule has 0 saturated carbocycles. The highest BCUT2D eigenvalue weighted by molar-refractivity contribution is 7.90. The van der Waals surface area contributed by atoms with Gasteiger partial charge in [0.25, 0.3) is 0 Å². The first-order chi connectivity index (χ1) is 16.2. The summed E-state index contributed by atoms with van der Waals surface area (Å²) in [7, 11) is -3.30. The second-order valence-corrected chi connectivity index (χ2v) is 10.1. The first kappa shape index (κ1) is 23.3. The highest BCUT2D eigenvalue weighted by Gasteiger charge is 2.22. The van der Waals surface area contributed by atoms with Gasteiger partial charge in [-0.1, -0.05) is 60.7 Å². The van der Waals surface area contributed by atoms with Crippen molar-refractivity contribution in [1.82, 2.24) is 4.57 Å². The zero-order chi connectivity index (χ0) is 24.3. The zero-order valence-electron chi connectivity index (χ0n) is 18.9. The molecule has 1 heterocycles. The van der Waals surface area contributed by atoms with Crippen LogP contribution in [-0.2, 0) is 21.0 Å². The van der Waals surface area contributed by atoms with Crippen molar-refractivity contribution in [3.05, 3.63) is 108 Å². The van der Waals surface area contributed by atoms with Gasteiger partial charge in [-0.2, -0.15) is 0 Å². The number of rotatable bonds is 7. The van der Waals surface area contributed by atoms with E-state index in [0.29, 0.717) is 6.42 Å². The zero-order valence-corrected chi connectivity index (χ0v) is 19.7.